The summed E-state index contributed by atoms with van der Waals surface area (Å²) >= 11 is 0. The molecule has 0 radical (unpaired) electrons. The molecule has 0 saturated heterocycles. The molecule has 0 aliphatic carbocycles. The molecule has 0 rings (SSSR count). The SMILES string of the molecule is CCN(CC)CCCN(CC)CC(C)(CC)C(=O)O. The van der Waals surface area contributed by atoms with E-state index in [-0.39, 0.29) is 0 Å². The Morgan fingerprint density at radius 2 is 1.47 bits per heavy atom. The number of carbonyl (C=O) groups is 1. The normalized spacial score (nSPS) is 14.9. The summed E-state index contributed by atoms with van der Waals surface area (Å²) in [6.45, 7) is 16.1. The number of hydrogen-bond acceptors (Lipinski definition) is 3. The minimum absolute atomic E-state index is 0.620. The average Bonchev–Trinajstić information content (AvgIpc) is 2.41. The van der Waals surface area contributed by atoms with Crippen LogP contribution in [0, 0.1) is 5.41 Å². The van der Waals surface area contributed by atoms with Crippen molar-refractivity contribution in [3.05, 3.63) is 0 Å². The van der Waals surface area contributed by atoms with Gasteiger partial charge in [0.05, 0.1) is 5.41 Å². The van der Waals surface area contributed by atoms with Gasteiger partial charge in [-0.3, -0.25) is 4.79 Å². The predicted molar refractivity (Wildman–Crippen MR) is 80.6 cm³/mol. The van der Waals surface area contributed by atoms with Gasteiger partial charge < -0.3 is 14.9 Å². The monoisotopic (exact) mass is 272 g/mol. The van der Waals surface area contributed by atoms with Gasteiger partial charge in [0.25, 0.3) is 0 Å². The molecule has 4 nitrogen and oxygen atoms in total. The fraction of sp³-hybridized carbons (Fsp3) is 0.933. The molecule has 0 aromatic rings. The molecule has 19 heavy (non-hydrogen) atoms. The Morgan fingerprint density at radius 3 is 1.84 bits per heavy atom. The molecule has 1 atom stereocenters. The molecule has 0 amide bonds. The molecule has 0 saturated carbocycles. The Balaban J connectivity index is 4.24. The molecule has 0 fully saturated rings. The number of carboxylic acids is 1. The Hall–Kier alpha value is -0.610. The first-order chi connectivity index (χ1) is 8.93. The zero-order chi connectivity index (χ0) is 14.9. The third-order valence-electron chi connectivity index (χ3n) is 4.16. The predicted octanol–water partition coefficient (Wildman–Crippen LogP) is 2.54. The summed E-state index contributed by atoms with van der Waals surface area (Å²) in [5.41, 5.74) is -0.620. The molecule has 0 bridgehead atoms. The lowest BCUT2D eigenvalue weighted by Crippen LogP contribution is -2.41. The Kier molecular flexibility index (Phi) is 9.02. The Morgan fingerprint density at radius 1 is 1.00 bits per heavy atom. The number of hydrogen-bond donors (Lipinski definition) is 1. The van der Waals surface area contributed by atoms with E-state index in [1.54, 1.807) is 0 Å². The lowest BCUT2D eigenvalue weighted by molar-refractivity contribution is -0.149. The van der Waals surface area contributed by atoms with Gasteiger partial charge in [-0.15, -0.1) is 0 Å². The van der Waals surface area contributed by atoms with Crippen LogP contribution in [0.5, 0.6) is 0 Å². The Labute approximate surface area is 118 Å². The first-order valence-electron chi connectivity index (χ1n) is 7.61. The van der Waals surface area contributed by atoms with Gasteiger partial charge >= 0.3 is 5.97 Å². The summed E-state index contributed by atoms with van der Waals surface area (Å²) in [6, 6.07) is 0. The molecule has 0 heterocycles. The van der Waals surface area contributed by atoms with Gasteiger partial charge in [-0.2, -0.15) is 0 Å². The van der Waals surface area contributed by atoms with Gasteiger partial charge in [-0.25, -0.2) is 0 Å². The summed E-state index contributed by atoms with van der Waals surface area (Å²) in [5.74, 6) is -0.683. The molecule has 0 aromatic heterocycles. The molecule has 1 N–H and O–H groups in total. The van der Waals surface area contributed by atoms with Crippen LogP contribution in [0.4, 0.5) is 0 Å². The van der Waals surface area contributed by atoms with E-state index in [1.807, 2.05) is 13.8 Å². The molecular weight excluding hydrogens is 240 g/mol. The molecule has 0 aromatic carbocycles. The van der Waals surface area contributed by atoms with E-state index in [2.05, 4.69) is 30.6 Å². The van der Waals surface area contributed by atoms with Crippen LogP contribution < -0.4 is 0 Å². The Bertz CT molecular complexity index is 255. The van der Waals surface area contributed by atoms with E-state index >= 15 is 0 Å². The van der Waals surface area contributed by atoms with Crippen LogP contribution in [-0.4, -0.2) is 60.1 Å². The maximum absolute atomic E-state index is 11.3. The van der Waals surface area contributed by atoms with Crippen molar-refractivity contribution < 1.29 is 9.90 Å². The molecule has 4 heteroatoms. The van der Waals surface area contributed by atoms with Crippen LogP contribution in [0.2, 0.25) is 0 Å². The summed E-state index contributed by atoms with van der Waals surface area (Å²) in [5, 5.41) is 9.33. The van der Waals surface area contributed by atoms with Crippen molar-refractivity contribution in [1.29, 1.82) is 0 Å². The zero-order valence-electron chi connectivity index (χ0n) is 13.4. The van der Waals surface area contributed by atoms with Crippen molar-refractivity contribution in [2.45, 2.75) is 47.5 Å². The molecule has 0 aliphatic rings. The maximum atomic E-state index is 11.3. The minimum Gasteiger partial charge on any atom is -0.481 e. The fourth-order valence-corrected chi connectivity index (χ4v) is 2.23. The standard InChI is InChI=1S/C15H32N2O2/c1-6-15(5,14(18)19)13-17(9-4)12-10-11-16(7-2)8-3/h6-13H2,1-5H3,(H,18,19). The maximum Gasteiger partial charge on any atom is 0.310 e. The minimum atomic E-state index is -0.683. The van der Waals surface area contributed by atoms with E-state index in [1.165, 1.54) is 0 Å². The van der Waals surface area contributed by atoms with Gasteiger partial charge in [0, 0.05) is 6.54 Å². The van der Waals surface area contributed by atoms with Crippen LogP contribution in [0.1, 0.15) is 47.5 Å². The summed E-state index contributed by atoms with van der Waals surface area (Å²) in [7, 11) is 0. The molecule has 1 unspecified atom stereocenters. The zero-order valence-corrected chi connectivity index (χ0v) is 13.4. The average molecular weight is 272 g/mol. The van der Waals surface area contributed by atoms with E-state index in [4.69, 9.17) is 0 Å². The fourth-order valence-electron chi connectivity index (χ4n) is 2.23. The second-order valence-corrected chi connectivity index (χ2v) is 5.47. The van der Waals surface area contributed by atoms with Crippen molar-refractivity contribution in [1.82, 2.24) is 9.80 Å². The quantitative estimate of drug-likeness (QED) is 0.628. The highest BCUT2D eigenvalue weighted by Gasteiger charge is 2.32. The lowest BCUT2D eigenvalue weighted by atomic mass is 9.87. The highest BCUT2D eigenvalue weighted by molar-refractivity contribution is 5.74. The van der Waals surface area contributed by atoms with Gasteiger partial charge in [0.2, 0.25) is 0 Å². The van der Waals surface area contributed by atoms with Gasteiger partial charge in [0.15, 0.2) is 0 Å². The molecule has 0 spiro atoms. The van der Waals surface area contributed by atoms with Crippen molar-refractivity contribution in [2.75, 3.05) is 39.3 Å². The van der Waals surface area contributed by atoms with Crippen molar-refractivity contribution in [3.8, 4) is 0 Å². The smallest absolute Gasteiger partial charge is 0.310 e. The second kappa shape index (κ2) is 9.32. The highest BCUT2D eigenvalue weighted by atomic mass is 16.4. The van der Waals surface area contributed by atoms with E-state index in [0.29, 0.717) is 13.0 Å². The van der Waals surface area contributed by atoms with E-state index in [0.717, 1.165) is 39.1 Å². The van der Waals surface area contributed by atoms with Crippen LogP contribution >= 0.6 is 0 Å². The number of aliphatic carboxylic acids is 1. The number of rotatable bonds is 11. The van der Waals surface area contributed by atoms with Crippen molar-refractivity contribution in [2.24, 2.45) is 5.41 Å². The number of carboxylic acid groups (broad SMARTS) is 1. The van der Waals surface area contributed by atoms with Crippen LogP contribution in [0.3, 0.4) is 0 Å². The molecule has 0 aliphatic heterocycles. The van der Waals surface area contributed by atoms with Crippen LogP contribution in [-0.2, 0) is 4.79 Å². The lowest BCUT2D eigenvalue weighted by Gasteiger charge is -2.31. The first-order valence-corrected chi connectivity index (χ1v) is 7.61. The van der Waals surface area contributed by atoms with Gasteiger partial charge in [0.1, 0.15) is 0 Å². The summed E-state index contributed by atoms with van der Waals surface area (Å²) in [6.07, 6.45) is 1.78. The second-order valence-electron chi connectivity index (χ2n) is 5.47. The highest BCUT2D eigenvalue weighted by Crippen LogP contribution is 2.22. The first kappa shape index (κ1) is 18.4. The topological polar surface area (TPSA) is 43.8 Å². The number of nitrogens with zero attached hydrogens (tertiary/aromatic N) is 2. The summed E-state index contributed by atoms with van der Waals surface area (Å²) in [4.78, 5) is 16.0. The van der Waals surface area contributed by atoms with Crippen LogP contribution in [0.15, 0.2) is 0 Å². The van der Waals surface area contributed by atoms with E-state index in [9.17, 15) is 9.90 Å². The third kappa shape index (κ3) is 6.39. The molecular formula is C15H32N2O2. The van der Waals surface area contributed by atoms with Crippen LogP contribution in [0.25, 0.3) is 0 Å². The largest absolute Gasteiger partial charge is 0.481 e. The van der Waals surface area contributed by atoms with Crippen molar-refractivity contribution >= 4 is 5.97 Å². The van der Waals surface area contributed by atoms with E-state index < -0.39 is 11.4 Å². The third-order valence-corrected chi connectivity index (χ3v) is 4.16. The van der Waals surface area contributed by atoms with Gasteiger partial charge in [-0.05, 0) is 52.5 Å². The van der Waals surface area contributed by atoms with Crippen molar-refractivity contribution in [3.63, 3.8) is 0 Å². The van der Waals surface area contributed by atoms with Gasteiger partial charge in [-0.1, -0.05) is 27.7 Å². The molecule has 114 valence electrons. The summed E-state index contributed by atoms with van der Waals surface area (Å²) < 4.78 is 0.